The number of likely N-dealkylation sites (N-methyl/N-ethyl adjacent to an activating group) is 1. The Balaban J connectivity index is 1.51. The second-order valence-electron chi connectivity index (χ2n) is 6.56. The van der Waals surface area contributed by atoms with Crippen LogP contribution in [0, 0.1) is 0 Å². The summed E-state index contributed by atoms with van der Waals surface area (Å²) in [5.41, 5.74) is 1.11. The van der Waals surface area contributed by atoms with E-state index in [1.807, 2.05) is 18.3 Å². The fourth-order valence-electron chi connectivity index (χ4n) is 3.71. The van der Waals surface area contributed by atoms with E-state index in [1.165, 1.54) is 12.8 Å². The number of hydrogen-bond acceptors (Lipinski definition) is 4. The zero-order valence-electron chi connectivity index (χ0n) is 14.2. The van der Waals surface area contributed by atoms with Crippen LogP contribution in [-0.2, 0) is 11.3 Å². The van der Waals surface area contributed by atoms with E-state index in [-0.39, 0.29) is 6.04 Å². The first-order valence-corrected chi connectivity index (χ1v) is 8.93. The van der Waals surface area contributed by atoms with Crippen LogP contribution in [-0.4, -0.2) is 70.9 Å². The molecule has 5 heteroatoms. The van der Waals surface area contributed by atoms with Gasteiger partial charge in [0.05, 0.1) is 11.7 Å². The van der Waals surface area contributed by atoms with Gasteiger partial charge < -0.3 is 4.90 Å². The Morgan fingerprint density at radius 3 is 2.70 bits per heavy atom. The van der Waals surface area contributed by atoms with Crippen LogP contribution in [0.5, 0.6) is 0 Å². The fraction of sp³-hybridized carbons (Fsp3) is 0.667. The van der Waals surface area contributed by atoms with Gasteiger partial charge in [0.25, 0.3) is 0 Å². The van der Waals surface area contributed by atoms with E-state index in [4.69, 9.17) is 0 Å². The Kier molecular flexibility index (Phi) is 5.62. The Morgan fingerprint density at radius 1 is 1.17 bits per heavy atom. The molecule has 0 aliphatic carbocycles. The average molecular weight is 316 g/mol. The molecular weight excluding hydrogens is 288 g/mol. The summed E-state index contributed by atoms with van der Waals surface area (Å²) in [6.07, 6.45) is 5.29. The van der Waals surface area contributed by atoms with Gasteiger partial charge in [-0.05, 0) is 38.1 Å². The minimum absolute atomic E-state index is 0.121. The van der Waals surface area contributed by atoms with Gasteiger partial charge in [-0.25, -0.2) is 0 Å². The number of carbonyl (C=O) groups excluding carboxylic acids is 1. The van der Waals surface area contributed by atoms with Gasteiger partial charge in [0, 0.05) is 38.9 Å². The van der Waals surface area contributed by atoms with E-state index in [9.17, 15) is 4.79 Å². The monoisotopic (exact) mass is 316 g/mol. The molecule has 126 valence electrons. The van der Waals surface area contributed by atoms with E-state index < -0.39 is 0 Å². The molecule has 0 aromatic carbocycles. The van der Waals surface area contributed by atoms with Crippen molar-refractivity contribution in [1.82, 2.24) is 19.7 Å². The van der Waals surface area contributed by atoms with Crippen molar-refractivity contribution in [2.24, 2.45) is 0 Å². The zero-order valence-corrected chi connectivity index (χ0v) is 14.2. The largest absolute Gasteiger partial charge is 0.339 e. The zero-order chi connectivity index (χ0) is 16.1. The van der Waals surface area contributed by atoms with Gasteiger partial charge in [0.15, 0.2) is 0 Å². The summed E-state index contributed by atoms with van der Waals surface area (Å²) in [5, 5.41) is 0. The number of piperazine rings is 1. The minimum Gasteiger partial charge on any atom is -0.339 e. The number of rotatable bonds is 4. The summed E-state index contributed by atoms with van der Waals surface area (Å²) in [6, 6.07) is 6.17. The molecule has 5 nitrogen and oxygen atoms in total. The lowest BCUT2D eigenvalue weighted by Gasteiger charge is -2.40. The van der Waals surface area contributed by atoms with Crippen LogP contribution in [0.4, 0.5) is 0 Å². The SMILES string of the molecule is CCN1CCCCC1C(=O)N1CCN(Cc2ccccn2)CC1. The summed E-state index contributed by atoms with van der Waals surface area (Å²) in [4.78, 5) is 24.1. The molecule has 1 amide bonds. The first-order valence-electron chi connectivity index (χ1n) is 8.93. The lowest BCUT2D eigenvalue weighted by Crippen LogP contribution is -2.55. The predicted octanol–water partition coefficient (Wildman–Crippen LogP) is 1.60. The standard InChI is InChI=1S/C18H28N4O/c1-2-21-10-6-4-8-17(21)18(23)22-13-11-20(12-14-22)15-16-7-3-5-9-19-16/h3,5,7,9,17H,2,4,6,8,10-15H2,1H3. The van der Waals surface area contributed by atoms with Gasteiger partial charge in [0.2, 0.25) is 5.91 Å². The van der Waals surface area contributed by atoms with Crippen LogP contribution >= 0.6 is 0 Å². The van der Waals surface area contributed by atoms with Crippen molar-refractivity contribution < 1.29 is 4.79 Å². The summed E-state index contributed by atoms with van der Waals surface area (Å²) < 4.78 is 0. The molecule has 0 bridgehead atoms. The number of likely N-dealkylation sites (tertiary alicyclic amines) is 1. The van der Waals surface area contributed by atoms with Crippen LogP contribution in [0.15, 0.2) is 24.4 Å². The molecule has 1 atom stereocenters. The lowest BCUT2D eigenvalue weighted by atomic mass is 10.0. The van der Waals surface area contributed by atoms with Crippen molar-refractivity contribution in [3.05, 3.63) is 30.1 Å². The molecular formula is C18H28N4O. The smallest absolute Gasteiger partial charge is 0.240 e. The normalized spacial score (nSPS) is 23.9. The summed E-state index contributed by atoms with van der Waals surface area (Å²) in [6.45, 7) is 8.69. The maximum atomic E-state index is 12.8. The second kappa shape index (κ2) is 7.88. The molecule has 2 aliphatic rings. The third kappa shape index (κ3) is 4.09. The molecule has 2 saturated heterocycles. The molecule has 0 radical (unpaired) electrons. The maximum absolute atomic E-state index is 12.8. The van der Waals surface area contributed by atoms with Gasteiger partial charge in [-0.3, -0.25) is 19.6 Å². The quantitative estimate of drug-likeness (QED) is 0.846. The third-order valence-electron chi connectivity index (χ3n) is 5.10. The molecule has 1 aromatic rings. The van der Waals surface area contributed by atoms with Crippen LogP contribution in [0.3, 0.4) is 0 Å². The van der Waals surface area contributed by atoms with E-state index in [1.54, 1.807) is 0 Å². The number of carbonyl (C=O) groups is 1. The van der Waals surface area contributed by atoms with E-state index >= 15 is 0 Å². The fourth-order valence-corrected chi connectivity index (χ4v) is 3.71. The van der Waals surface area contributed by atoms with Gasteiger partial charge >= 0.3 is 0 Å². The van der Waals surface area contributed by atoms with Crippen molar-refractivity contribution in [2.45, 2.75) is 38.8 Å². The molecule has 1 aromatic heterocycles. The first kappa shape index (κ1) is 16.4. The minimum atomic E-state index is 0.121. The summed E-state index contributed by atoms with van der Waals surface area (Å²) >= 11 is 0. The van der Waals surface area contributed by atoms with Gasteiger partial charge in [-0.1, -0.05) is 19.4 Å². The number of amides is 1. The third-order valence-corrected chi connectivity index (χ3v) is 5.10. The molecule has 0 N–H and O–H groups in total. The highest BCUT2D eigenvalue weighted by Crippen LogP contribution is 2.19. The van der Waals surface area contributed by atoms with Crippen LogP contribution in [0.2, 0.25) is 0 Å². The highest BCUT2D eigenvalue weighted by molar-refractivity contribution is 5.82. The van der Waals surface area contributed by atoms with Crippen molar-refractivity contribution in [2.75, 3.05) is 39.3 Å². The molecule has 1 unspecified atom stereocenters. The van der Waals surface area contributed by atoms with E-state index in [0.29, 0.717) is 5.91 Å². The number of hydrogen-bond donors (Lipinski definition) is 0. The molecule has 3 rings (SSSR count). The maximum Gasteiger partial charge on any atom is 0.240 e. The van der Waals surface area contributed by atoms with E-state index in [0.717, 1.165) is 57.9 Å². The first-order chi connectivity index (χ1) is 11.3. The van der Waals surface area contributed by atoms with Gasteiger partial charge in [-0.15, -0.1) is 0 Å². The molecule has 2 fully saturated rings. The van der Waals surface area contributed by atoms with Crippen molar-refractivity contribution in [3.8, 4) is 0 Å². The summed E-state index contributed by atoms with van der Waals surface area (Å²) in [7, 11) is 0. The van der Waals surface area contributed by atoms with Gasteiger partial charge in [0.1, 0.15) is 0 Å². The molecule has 23 heavy (non-hydrogen) atoms. The van der Waals surface area contributed by atoms with Crippen molar-refractivity contribution in [3.63, 3.8) is 0 Å². The molecule has 3 heterocycles. The predicted molar refractivity (Wildman–Crippen MR) is 91.0 cm³/mol. The average Bonchev–Trinajstić information content (AvgIpc) is 2.62. The topological polar surface area (TPSA) is 39.7 Å². The van der Waals surface area contributed by atoms with Crippen molar-refractivity contribution >= 4 is 5.91 Å². The highest BCUT2D eigenvalue weighted by Gasteiger charge is 2.32. The number of nitrogens with zero attached hydrogens (tertiary/aromatic N) is 4. The number of piperidine rings is 1. The van der Waals surface area contributed by atoms with Crippen LogP contribution in [0.25, 0.3) is 0 Å². The number of aromatic nitrogens is 1. The Bertz CT molecular complexity index is 499. The Labute approximate surface area is 139 Å². The highest BCUT2D eigenvalue weighted by atomic mass is 16.2. The Hall–Kier alpha value is -1.46. The lowest BCUT2D eigenvalue weighted by molar-refractivity contribution is -0.140. The van der Waals surface area contributed by atoms with E-state index in [2.05, 4.69) is 32.7 Å². The molecule has 0 spiro atoms. The molecule has 0 saturated carbocycles. The Morgan fingerprint density at radius 2 is 2.00 bits per heavy atom. The van der Waals surface area contributed by atoms with Crippen molar-refractivity contribution in [1.29, 1.82) is 0 Å². The molecule has 2 aliphatic heterocycles. The summed E-state index contributed by atoms with van der Waals surface area (Å²) in [5.74, 6) is 0.351. The van der Waals surface area contributed by atoms with Crippen LogP contribution in [0.1, 0.15) is 31.9 Å². The van der Waals surface area contributed by atoms with Gasteiger partial charge in [-0.2, -0.15) is 0 Å². The van der Waals surface area contributed by atoms with Crippen LogP contribution < -0.4 is 0 Å². The second-order valence-corrected chi connectivity index (χ2v) is 6.56. The number of pyridine rings is 1.